The fourth-order valence-electron chi connectivity index (χ4n) is 1.59. The maximum Gasteiger partial charge on any atom is 0.191 e. The number of benzene rings is 1. The van der Waals surface area contributed by atoms with Gasteiger partial charge in [0.25, 0.3) is 0 Å². The molecule has 102 valence electrons. The van der Waals surface area contributed by atoms with E-state index in [0.29, 0.717) is 19.8 Å². The fraction of sp³-hybridized carbons (Fsp3) is 0.571. The van der Waals surface area contributed by atoms with E-state index < -0.39 is 0 Å². The van der Waals surface area contributed by atoms with E-state index in [0.717, 1.165) is 22.8 Å². The molecule has 3 nitrogen and oxygen atoms in total. The van der Waals surface area contributed by atoms with E-state index in [4.69, 9.17) is 25.8 Å². The normalized spacial score (nSPS) is 10.9. The molecule has 0 saturated heterocycles. The summed E-state index contributed by atoms with van der Waals surface area (Å²) < 4.78 is 16.5. The van der Waals surface area contributed by atoms with Gasteiger partial charge < -0.3 is 14.2 Å². The zero-order valence-corrected chi connectivity index (χ0v) is 12.0. The number of rotatable bonds is 8. The van der Waals surface area contributed by atoms with E-state index in [-0.39, 0.29) is 6.29 Å². The third-order valence-electron chi connectivity index (χ3n) is 2.49. The Morgan fingerprint density at radius 2 is 1.78 bits per heavy atom. The Bertz CT molecular complexity index is 349. The Hall–Kier alpha value is -0.770. The summed E-state index contributed by atoms with van der Waals surface area (Å²) >= 11 is 6.05. The summed E-state index contributed by atoms with van der Waals surface area (Å²) in [4.78, 5) is 0. The van der Waals surface area contributed by atoms with Crippen molar-refractivity contribution in [1.29, 1.82) is 0 Å². The Morgan fingerprint density at radius 1 is 1.11 bits per heavy atom. The lowest BCUT2D eigenvalue weighted by Gasteiger charge is -2.17. The Balaban J connectivity index is 2.55. The summed E-state index contributed by atoms with van der Waals surface area (Å²) in [6.07, 6.45) is 0.567. The number of ether oxygens (including phenoxy) is 3. The van der Waals surface area contributed by atoms with E-state index >= 15 is 0 Å². The molecule has 0 aliphatic heterocycles. The van der Waals surface area contributed by atoms with Crippen LogP contribution in [0.25, 0.3) is 0 Å². The van der Waals surface area contributed by atoms with E-state index in [1.54, 1.807) is 0 Å². The van der Waals surface area contributed by atoms with Crippen molar-refractivity contribution in [1.82, 2.24) is 0 Å². The first-order valence-electron chi connectivity index (χ1n) is 6.35. The van der Waals surface area contributed by atoms with Crippen molar-refractivity contribution in [3.05, 3.63) is 28.8 Å². The highest BCUT2D eigenvalue weighted by Gasteiger charge is 2.09. The summed E-state index contributed by atoms with van der Waals surface area (Å²) in [5.74, 6) is 0.792. The third-order valence-corrected chi connectivity index (χ3v) is 2.86. The van der Waals surface area contributed by atoms with Crippen molar-refractivity contribution >= 4 is 11.6 Å². The topological polar surface area (TPSA) is 27.7 Å². The second kappa shape index (κ2) is 8.35. The molecule has 0 heterocycles. The molecule has 0 fully saturated rings. The quantitative estimate of drug-likeness (QED) is 0.676. The van der Waals surface area contributed by atoms with E-state index in [1.807, 2.05) is 32.0 Å². The minimum absolute atomic E-state index is 0.319. The van der Waals surface area contributed by atoms with Gasteiger partial charge in [-0.25, -0.2) is 0 Å². The molecular weight excluding hydrogens is 252 g/mol. The van der Waals surface area contributed by atoms with Crippen molar-refractivity contribution in [3.8, 4) is 5.75 Å². The van der Waals surface area contributed by atoms with Crippen LogP contribution in [0.2, 0.25) is 5.02 Å². The van der Waals surface area contributed by atoms with Gasteiger partial charge >= 0.3 is 0 Å². The first-order valence-corrected chi connectivity index (χ1v) is 6.73. The molecule has 0 aromatic heterocycles. The molecule has 0 saturated carbocycles. The molecule has 0 N–H and O–H groups in total. The van der Waals surface area contributed by atoms with Crippen LogP contribution in [0.5, 0.6) is 5.75 Å². The average molecular weight is 273 g/mol. The average Bonchev–Trinajstić information content (AvgIpc) is 2.38. The predicted octanol–water partition coefficient (Wildman–Crippen LogP) is 3.68. The van der Waals surface area contributed by atoms with Crippen LogP contribution >= 0.6 is 11.6 Å². The SMILES string of the molecule is CCOC(COc1ccc(Cl)c(CC)c1)OCC. The van der Waals surface area contributed by atoms with Gasteiger partial charge in [-0.2, -0.15) is 0 Å². The highest BCUT2D eigenvalue weighted by Crippen LogP contribution is 2.22. The van der Waals surface area contributed by atoms with Crippen LogP contribution < -0.4 is 4.74 Å². The monoisotopic (exact) mass is 272 g/mol. The van der Waals surface area contributed by atoms with E-state index in [9.17, 15) is 0 Å². The molecule has 0 amide bonds. The molecule has 1 rings (SSSR count). The lowest BCUT2D eigenvalue weighted by molar-refractivity contribution is -0.152. The lowest BCUT2D eigenvalue weighted by atomic mass is 10.1. The summed E-state index contributed by atoms with van der Waals surface area (Å²) in [6.45, 7) is 7.53. The van der Waals surface area contributed by atoms with Crippen molar-refractivity contribution in [3.63, 3.8) is 0 Å². The molecule has 0 aliphatic rings. The molecule has 0 unspecified atom stereocenters. The fourth-order valence-corrected chi connectivity index (χ4v) is 1.84. The molecule has 18 heavy (non-hydrogen) atoms. The van der Waals surface area contributed by atoms with Crippen LogP contribution in [-0.2, 0) is 15.9 Å². The molecule has 4 heteroatoms. The Labute approximate surface area is 114 Å². The number of hydrogen-bond donors (Lipinski definition) is 0. The van der Waals surface area contributed by atoms with Crippen molar-refractivity contribution in [2.24, 2.45) is 0 Å². The second-order valence-electron chi connectivity index (χ2n) is 3.76. The van der Waals surface area contributed by atoms with Crippen molar-refractivity contribution < 1.29 is 14.2 Å². The predicted molar refractivity (Wildman–Crippen MR) is 73.4 cm³/mol. The largest absolute Gasteiger partial charge is 0.488 e. The van der Waals surface area contributed by atoms with Gasteiger partial charge in [-0.1, -0.05) is 18.5 Å². The minimum Gasteiger partial charge on any atom is -0.488 e. The molecule has 0 bridgehead atoms. The summed E-state index contributed by atoms with van der Waals surface area (Å²) in [7, 11) is 0. The van der Waals surface area contributed by atoms with Crippen molar-refractivity contribution in [2.45, 2.75) is 33.5 Å². The van der Waals surface area contributed by atoms with Crippen LogP contribution in [0, 0.1) is 0 Å². The Kier molecular flexibility index (Phi) is 7.09. The maximum atomic E-state index is 6.05. The number of aryl methyl sites for hydroxylation is 1. The van der Waals surface area contributed by atoms with Gasteiger partial charge in [0.15, 0.2) is 6.29 Å². The zero-order chi connectivity index (χ0) is 13.4. The molecule has 0 radical (unpaired) electrons. The van der Waals surface area contributed by atoms with Gasteiger partial charge in [0.05, 0.1) is 0 Å². The van der Waals surface area contributed by atoms with Crippen LogP contribution in [0.4, 0.5) is 0 Å². The smallest absolute Gasteiger partial charge is 0.191 e. The highest BCUT2D eigenvalue weighted by atomic mass is 35.5. The standard InChI is InChI=1S/C14H21ClO3/c1-4-11-9-12(7-8-13(11)15)18-10-14(16-5-2)17-6-3/h7-9,14H,4-6,10H2,1-3H3. The maximum absolute atomic E-state index is 6.05. The van der Waals surface area contributed by atoms with Crippen LogP contribution in [-0.4, -0.2) is 26.1 Å². The summed E-state index contributed by atoms with van der Waals surface area (Å²) in [6, 6.07) is 5.67. The van der Waals surface area contributed by atoms with E-state index in [1.165, 1.54) is 0 Å². The van der Waals surface area contributed by atoms with Gasteiger partial charge in [-0.05, 0) is 44.0 Å². The van der Waals surface area contributed by atoms with Gasteiger partial charge in [0.1, 0.15) is 12.4 Å². The third kappa shape index (κ3) is 4.84. The van der Waals surface area contributed by atoms with E-state index in [2.05, 4.69) is 6.92 Å². The first kappa shape index (κ1) is 15.3. The molecular formula is C14H21ClO3. The zero-order valence-electron chi connectivity index (χ0n) is 11.2. The number of halogens is 1. The molecule has 0 aliphatic carbocycles. The molecule has 1 aromatic carbocycles. The lowest BCUT2D eigenvalue weighted by Crippen LogP contribution is -2.25. The number of hydrogen-bond acceptors (Lipinski definition) is 3. The molecule has 0 atom stereocenters. The van der Waals surface area contributed by atoms with Gasteiger partial charge in [-0.3, -0.25) is 0 Å². The highest BCUT2D eigenvalue weighted by molar-refractivity contribution is 6.31. The summed E-state index contributed by atoms with van der Waals surface area (Å²) in [5, 5.41) is 0.774. The Morgan fingerprint density at radius 3 is 2.33 bits per heavy atom. The first-order chi connectivity index (χ1) is 8.71. The second-order valence-corrected chi connectivity index (χ2v) is 4.17. The van der Waals surface area contributed by atoms with Crippen molar-refractivity contribution in [2.75, 3.05) is 19.8 Å². The van der Waals surface area contributed by atoms with Gasteiger partial charge in [0, 0.05) is 18.2 Å². The van der Waals surface area contributed by atoms with Crippen LogP contribution in [0.15, 0.2) is 18.2 Å². The van der Waals surface area contributed by atoms with Gasteiger partial charge in [0.2, 0.25) is 0 Å². The molecule has 0 spiro atoms. The minimum atomic E-state index is -0.319. The van der Waals surface area contributed by atoms with Gasteiger partial charge in [-0.15, -0.1) is 0 Å². The van der Waals surface area contributed by atoms with Crippen LogP contribution in [0.3, 0.4) is 0 Å². The summed E-state index contributed by atoms with van der Waals surface area (Å²) in [5.41, 5.74) is 1.08. The molecule has 1 aromatic rings. The van der Waals surface area contributed by atoms with Crippen LogP contribution in [0.1, 0.15) is 26.3 Å².